The number of halogens is 1. The van der Waals surface area contributed by atoms with Crippen molar-refractivity contribution in [3.05, 3.63) is 179 Å². The highest BCUT2D eigenvalue weighted by Crippen LogP contribution is 2.35. The van der Waals surface area contributed by atoms with Crippen LogP contribution in [0.15, 0.2) is 162 Å². The summed E-state index contributed by atoms with van der Waals surface area (Å²) in [6, 6.07) is 56.7. The van der Waals surface area contributed by atoms with Crippen molar-refractivity contribution >= 4 is 15.9 Å². The van der Waals surface area contributed by atoms with Crippen molar-refractivity contribution in [2.45, 2.75) is 5.92 Å². The Morgan fingerprint density at radius 3 is 0.868 bits per heavy atom. The van der Waals surface area contributed by atoms with Gasteiger partial charge >= 0.3 is 0 Å². The minimum Gasteiger partial charge on any atom is -0.0622 e. The predicted molar refractivity (Wildman–Crippen MR) is 164 cm³/mol. The van der Waals surface area contributed by atoms with Gasteiger partial charge in [-0.1, -0.05) is 162 Å². The van der Waals surface area contributed by atoms with E-state index < -0.39 is 0 Å². The zero-order valence-corrected chi connectivity index (χ0v) is 22.6. The van der Waals surface area contributed by atoms with Crippen molar-refractivity contribution < 1.29 is 0 Å². The van der Waals surface area contributed by atoms with Gasteiger partial charge in [0.2, 0.25) is 0 Å². The molecule has 1 heteroatoms. The molecule has 0 aliphatic heterocycles. The molecule has 0 saturated heterocycles. The van der Waals surface area contributed by atoms with Crippen LogP contribution in [0.5, 0.6) is 0 Å². The Balaban J connectivity index is 1.38. The van der Waals surface area contributed by atoms with E-state index in [9.17, 15) is 0 Å². The fourth-order valence-electron chi connectivity index (χ4n) is 5.08. The Labute approximate surface area is 233 Å². The van der Waals surface area contributed by atoms with E-state index in [2.05, 4.69) is 174 Å². The maximum Gasteiger partial charge on any atom is 0.0340 e. The SMILES string of the molecule is Brc1ccc(-c2ccc(C(c3ccc(-c4ccccc4)cc3)c3ccc(-c4ccccc4)cc3)cc2)cc1. The molecule has 0 heterocycles. The first-order chi connectivity index (χ1) is 18.7. The molecule has 0 saturated carbocycles. The van der Waals surface area contributed by atoms with E-state index in [0.29, 0.717) is 0 Å². The average molecular weight is 552 g/mol. The van der Waals surface area contributed by atoms with Crippen molar-refractivity contribution in [1.82, 2.24) is 0 Å². The van der Waals surface area contributed by atoms with Gasteiger partial charge in [0, 0.05) is 10.4 Å². The Morgan fingerprint density at radius 2 is 0.553 bits per heavy atom. The molecule has 0 aliphatic rings. The van der Waals surface area contributed by atoms with Gasteiger partial charge in [-0.3, -0.25) is 0 Å². The second kappa shape index (κ2) is 11.0. The third-order valence-corrected chi connectivity index (χ3v) is 7.65. The molecule has 0 atom stereocenters. The zero-order valence-electron chi connectivity index (χ0n) is 21.0. The summed E-state index contributed by atoms with van der Waals surface area (Å²) in [6.07, 6.45) is 0. The highest BCUT2D eigenvalue weighted by atomic mass is 79.9. The van der Waals surface area contributed by atoms with Crippen molar-refractivity contribution in [3.8, 4) is 33.4 Å². The van der Waals surface area contributed by atoms with E-state index in [4.69, 9.17) is 0 Å². The van der Waals surface area contributed by atoms with Crippen LogP contribution in [0.2, 0.25) is 0 Å². The van der Waals surface area contributed by atoms with Crippen LogP contribution in [-0.2, 0) is 0 Å². The summed E-state index contributed by atoms with van der Waals surface area (Å²) in [4.78, 5) is 0. The summed E-state index contributed by atoms with van der Waals surface area (Å²) in [7, 11) is 0. The van der Waals surface area contributed by atoms with Crippen LogP contribution < -0.4 is 0 Å². The van der Waals surface area contributed by atoms with Gasteiger partial charge in [0.15, 0.2) is 0 Å². The molecule has 0 aliphatic carbocycles. The van der Waals surface area contributed by atoms with Crippen LogP contribution in [-0.4, -0.2) is 0 Å². The van der Waals surface area contributed by atoms with Crippen LogP contribution >= 0.6 is 15.9 Å². The average Bonchev–Trinajstić information content (AvgIpc) is 3.00. The first-order valence-corrected chi connectivity index (χ1v) is 13.7. The van der Waals surface area contributed by atoms with Gasteiger partial charge in [-0.15, -0.1) is 0 Å². The first kappa shape index (κ1) is 24.2. The fourth-order valence-corrected chi connectivity index (χ4v) is 5.35. The highest BCUT2D eigenvalue weighted by Gasteiger charge is 2.17. The molecule has 0 aromatic heterocycles. The Kier molecular flexibility index (Phi) is 7.02. The molecule has 6 aromatic rings. The van der Waals surface area contributed by atoms with Crippen LogP contribution in [0, 0.1) is 0 Å². The molecule has 38 heavy (non-hydrogen) atoms. The summed E-state index contributed by atoms with van der Waals surface area (Å²) in [6.45, 7) is 0. The second-order valence-electron chi connectivity index (χ2n) is 9.54. The maximum absolute atomic E-state index is 3.54. The lowest BCUT2D eigenvalue weighted by molar-refractivity contribution is 0.978. The van der Waals surface area contributed by atoms with E-state index in [-0.39, 0.29) is 5.92 Å². The van der Waals surface area contributed by atoms with Crippen molar-refractivity contribution in [2.24, 2.45) is 0 Å². The summed E-state index contributed by atoms with van der Waals surface area (Å²) in [5.41, 5.74) is 11.2. The number of hydrogen-bond acceptors (Lipinski definition) is 0. The lowest BCUT2D eigenvalue weighted by atomic mass is 9.83. The minimum atomic E-state index is 0.142. The molecule has 0 nitrogen and oxygen atoms in total. The van der Waals surface area contributed by atoms with E-state index in [0.717, 1.165) is 4.47 Å². The largest absolute Gasteiger partial charge is 0.0622 e. The number of rotatable bonds is 6. The number of benzene rings is 6. The van der Waals surface area contributed by atoms with Crippen LogP contribution in [0.1, 0.15) is 22.6 Å². The van der Waals surface area contributed by atoms with Gasteiger partial charge in [0.25, 0.3) is 0 Å². The number of hydrogen-bond donors (Lipinski definition) is 0. The van der Waals surface area contributed by atoms with Gasteiger partial charge in [0.05, 0.1) is 0 Å². The van der Waals surface area contributed by atoms with Gasteiger partial charge in [0.1, 0.15) is 0 Å². The molecule has 6 rings (SSSR count). The first-order valence-electron chi connectivity index (χ1n) is 12.9. The Hall–Kier alpha value is -4.20. The molecule has 0 fully saturated rings. The van der Waals surface area contributed by atoms with E-state index in [1.165, 1.54) is 50.1 Å². The topological polar surface area (TPSA) is 0 Å². The van der Waals surface area contributed by atoms with Crippen molar-refractivity contribution in [2.75, 3.05) is 0 Å². The quantitative estimate of drug-likeness (QED) is 0.181. The molecular formula is C37H27Br. The third kappa shape index (κ3) is 5.25. The maximum atomic E-state index is 3.54. The summed E-state index contributed by atoms with van der Waals surface area (Å²) in [5, 5.41) is 0. The molecule has 0 amide bonds. The second-order valence-corrected chi connectivity index (χ2v) is 10.5. The normalized spacial score (nSPS) is 11.0. The molecular weight excluding hydrogens is 524 g/mol. The van der Waals surface area contributed by atoms with Crippen LogP contribution in [0.4, 0.5) is 0 Å². The summed E-state index contributed by atoms with van der Waals surface area (Å²) < 4.78 is 1.09. The lowest BCUT2D eigenvalue weighted by Gasteiger charge is -2.20. The molecule has 0 N–H and O–H groups in total. The lowest BCUT2D eigenvalue weighted by Crippen LogP contribution is -2.03. The molecule has 0 bridgehead atoms. The summed E-state index contributed by atoms with van der Waals surface area (Å²) >= 11 is 3.54. The van der Waals surface area contributed by atoms with Gasteiger partial charge in [-0.05, 0) is 62.2 Å². The molecule has 6 aromatic carbocycles. The van der Waals surface area contributed by atoms with E-state index >= 15 is 0 Å². The van der Waals surface area contributed by atoms with Crippen molar-refractivity contribution in [3.63, 3.8) is 0 Å². The molecule has 0 spiro atoms. The third-order valence-electron chi connectivity index (χ3n) is 7.12. The molecule has 0 unspecified atom stereocenters. The molecule has 182 valence electrons. The predicted octanol–water partition coefficient (Wildman–Crippen LogP) is 10.6. The van der Waals surface area contributed by atoms with Crippen LogP contribution in [0.25, 0.3) is 33.4 Å². The fraction of sp³-hybridized carbons (Fsp3) is 0.0270. The van der Waals surface area contributed by atoms with Crippen LogP contribution in [0.3, 0.4) is 0 Å². The smallest absolute Gasteiger partial charge is 0.0340 e. The summed E-state index contributed by atoms with van der Waals surface area (Å²) in [5.74, 6) is 0.142. The van der Waals surface area contributed by atoms with E-state index in [1.54, 1.807) is 0 Å². The highest BCUT2D eigenvalue weighted by molar-refractivity contribution is 9.10. The van der Waals surface area contributed by atoms with Gasteiger partial charge in [-0.25, -0.2) is 0 Å². The Morgan fingerprint density at radius 1 is 0.289 bits per heavy atom. The minimum absolute atomic E-state index is 0.142. The van der Waals surface area contributed by atoms with Gasteiger partial charge in [-0.2, -0.15) is 0 Å². The zero-order chi connectivity index (χ0) is 25.7. The van der Waals surface area contributed by atoms with Gasteiger partial charge < -0.3 is 0 Å². The Bertz CT molecular complexity index is 1520. The van der Waals surface area contributed by atoms with Crippen molar-refractivity contribution in [1.29, 1.82) is 0 Å². The standard InChI is InChI=1S/C37H27Br/c38-36-25-23-32(24-26-36)31-15-21-35(22-16-31)37(33-17-11-29(12-18-33)27-7-3-1-4-8-27)34-19-13-30(14-20-34)28-9-5-2-6-10-28/h1-26,37H. The molecule has 0 radical (unpaired) electrons. The van der Waals surface area contributed by atoms with E-state index in [1.807, 2.05) is 0 Å². The monoisotopic (exact) mass is 550 g/mol.